The Balaban J connectivity index is 2.19. The largest absolute Gasteiger partial charge is 0.480 e. The highest BCUT2D eigenvalue weighted by molar-refractivity contribution is 5.95. The fraction of sp³-hybridized carbons (Fsp3) is 0.267. The molecule has 0 saturated carbocycles. The van der Waals surface area contributed by atoms with Crippen molar-refractivity contribution in [2.45, 2.75) is 6.18 Å². The predicted molar refractivity (Wildman–Crippen MR) is 79.3 cm³/mol. The lowest BCUT2D eigenvalue weighted by atomic mass is 10.2. The Morgan fingerprint density at radius 3 is 2.46 bits per heavy atom. The molecule has 2 rings (SSSR count). The van der Waals surface area contributed by atoms with E-state index in [4.69, 9.17) is 5.11 Å². The van der Waals surface area contributed by atoms with Gasteiger partial charge in [0.1, 0.15) is 12.4 Å². The molecule has 1 heterocycles. The summed E-state index contributed by atoms with van der Waals surface area (Å²) in [6.45, 7) is -0.969. The van der Waals surface area contributed by atoms with Crippen molar-refractivity contribution < 1.29 is 37.0 Å². The molecule has 0 aliphatic carbocycles. The van der Waals surface area contributed by atoms with Gasteiger partial charge in [-0.25, -0.2) is 13.9 Å². The first-order valence-electron chi connectivity index (χ1n) is 7.19. The molecule has 0 aliphatic rings. The van der Waals surface area contributed by atoms with Gasteiger partial charge in [0.2, 0.25) is 0 Å². The molecule has 140 valence electrons. The molecule has 0 saturated heterocycles. The van der Waals surface area contributed by atoms with Gasteiger partial charge in [0.15, 0.2) is 5.69 Å². The Morgan fingerprint density at radius 1 is 1.23 bits per heavy atom. The minimum Gasteiger partial charge on any atom is -0.480 e. The first-order chi connectivity index (χ1) is 12.2. The Morgan fingerprint density at radius 2 is 1.88 bits per heavy atom. The quantitative estimate of drug-likeness (QED) is 0.569. The maximum atomic E-state index is 13.4. The number of aromatic nitrogens is 2. The van der Waals surface area contributed by atoms with Crippen LogP contribution in [0.5, 0.6) is 0 Å². The number of benzene rings is 1. The summed E-state index contributed by atoms with van der Waals surface area (Å²) in [5.41, 5.74) is -2.10. The van der Waals surface area contributed by atoms with Crippen molar-refractivity contribution in [2.24, 2.45) is 0 Å². The average Bonchev–Trinajstić information content (AvgIpc) is 3.00. The number of nitrogens with one attached hydrogen (secondary N) is 1. The van der Waals surface area contributed by atoms with Crippen LogP contribution in [0, 0.1) is 5.82 Å². The molecule has 2 aromatic rings. The minimum atomic E-state index is -4.89. The molecule has 26 heavy (non-hydrogen) atoms. The van der Waals surface area contributed by atoms with E-state index in [1.165, 1.54) is 0 Å². The number of carbonyl (C=O) groups excluding carboxylic acids is 1. The lowest BCUT2D eigenvalue weighted by Crippen LogP contribution is -2.30. The van der Waals surface area contributed by atoms with Crippen molar-refractivity contribution >= 4 is 11.9 Å². The van der Waals surface area contributed by atoms with E-state index in [9.17, 15) is 27.2 Å². The highest BCUT2D eigenvalue weighted by Crippen LogP contribution is 2.33. The zero-order chi connectivity index (χ0) is 19.3. The summed E-state index contributed by atoms with van der Waals surface area (Å²) in [5, 5.41) is 14.1. The Bertz CT molecular complexity index is 787. The van der Waals surface area contributed by atoms with Crippen molar-refractivity contribution in [2.75, 3.05) is 19.8 Å². The number of nitrogens with zero attached hydrogens (tertiary/aromatic N) is 2. The van der Waals surface area contributed by atoms with Crippen molar-refractivity contribution in [3.63, 3.8) is 0 Å². The van der Waals surface area contributed by atoms with Crippen LogP contribution in [-0.2, 0) is 15.7 Å². The number of carboxylic acid groups (broad SMARTS) is 1. The fourth-order valence-electron chi connectivity index (χ4n) is 2.06. The van der Waals surface area contributed by atoms with Gasteiger partial charge in [0.25, 0.3) is 5.91 Å². The predicted octanol–water partition coefficient (Wildman–Crippen LogP) is 1.86. The van der Waals surface area contributed by atoms with Crippen molar-refractivity contribution in [3.05, 3.63) is 47.5 Å². The van der Waals surface area contributed by atoms with E-state index in [2.05, 4.69) is 15.2 Å². The highest BCUT2D eigenvalue weighted by Gasteiger charge is 2.40. The zero-order valence-electron chi connectivity index (χ0n) is 13.1. The topological polar surface area (TPSA) is 93.4 Å². The molecule has 0 radical (unpaired) electrons. The number of aliphatic carboxylic acids is 1. The van der Waals surface area contributed by atoms with Crippen LogP contribution >= 0.6 is 0 Å². The molecule has 1 aromatic carbocycles. The third-order valence-corrected chi connectivity index (χ3v) is 3.11. The van der Waals surface area contributed by atoms with Gasteiger partial charge in [0, 0.05) is 6.54 Å². The van der Waals surface area contributed by atoms with Crippen LogP contribution in [0.15, 0.2) is 30.5 Å². The van der Waals surface area contributed by atoms with Gasteiger partial charge in [-0.15, -0.1) is 0 Å². The minimum absolute atomic E-state index is 0.0671. The second-order valence-corrected chi connectivity index (χ2v) is 5.00. The number of halogens is 4. The lowest BCUT2D eigenvalue weighted by molar-refractivity contribution is -0.143. The molecule has 0 bridgehead atoms. The molecule has 0 fully saturated rings. The second-order valence-electron chi connectivity index (χ2n) is 5.00. The molecule has 1 aromatic heterocycles. The smallest absolute Gasteiger partial charge is 0.434 e. The number of carboxylic acids is 1. The molecule has 2 N–H and O–H groups in total. The van der Waals surface area contributed by atoms with Crippen molar-refractivity contribution in [3.8, 4) is 5.69 Å². The summed E-state index contributed by atoms with van der Waals surface area (Å²) in [5.74, 6) is -2.89. The second kappa shape index (κ2) is 7.95. The van der Waals surface area contributed by atoms with Crippen LogP contribution in [0.3, 0.4) is 0 Å². The number of ether oxygens (including phenoxy) is 1. The number of hydrogen-bond donors (Lipinski definition) is 2. The Kier molecular flexibility index (Phi) is 5.93. The first kappa shape index (κ1) is 19.4. The van der Waals surface area contributed by atoms with Crippen LogP contribution in [0.2, 0.25) is 0 Å². The first-order valence-corrected chi connectivity index (χ1v) is 7.19. The zero-order valence-corrected chi connectivity index (χ0v) is 13.1. The van der Waals surface area contributed by atoms with E-state index >= 15 is 0 Å². The fourth-order valence-corrected chi connectivity index (χ4v) is 2.06. The van der Waals surface area contributed by atoms with Gasteiger partial charge < -0.3 is 15.2 Å². The van der Waals surface area contributed by atoms with Crippen LogP contribution in [0.25, 0.3) is 5.69 Å². The standard InChI is InChI=1S/C15H13F4N3O4/c16-9-1-3-10(4-2-9)22-13(15(17,18)19)11(7-21-22)14(25)20-5-6-26-8-12(23)24/h1-4,7H,5-6,8H2,(H,20,25)(H,23,24). The number of amides is 1. The molecular weight excluding hydrogens is 362 g/mol. The van der Waals surface area contributed by atoms with Crippen LogP contribution in [0.1, 0.15) is 16.1 Å². The van der Waals surface area contributed by atoms with E-state index in [0.29, 0.717) is 4.68 Å². The number of alkyl halides is 3. The van der Waals surface area contributed by atoms with Gasteiger partial charge in [-0.2, -0.15) is 18.3 Å². The van der Waals surface area contributed by atoms with E-state index < -0.39 is 41.7 Å². The normalized spacial score (nSPS) is 11.4. The third kappa shape index (κ3) is 4.79. The van der Waals surface area contributed by atoms with E-state index in [1.54, 1.807) is 0 Å². The SMILES string of the molecule is O=C(O)COCCNC(=O)c1cnn(-c2ccc(F)cc2)c1C(F)(F)F. The van der Waals surface area contributed by atoms with Gasteiger partial charge in [0.05, 0.1) is 24.1 Å². The monoisotopic (exact) mass is 375 g/mol. The van der Waals surface area contributed by atoms with Crippen molar-refractivity contribution in [1.29, 1.82) is 0 Å². The highest BCUT2D eigenvalue weighted by atomic mass is 19.4. The van der Waals surface area contributed by atoms with Gasteiger partial charge in [-0.1, -0.05) is 0 Å². The molecule has 11 heteroatoms. The maximum absolute atomic E-state index is 13.4. The third-order valence-electron chi connectivity index (χ3n) is 3.11. The van der Waals surface area contributed by atoms with Gasteiger partial charge in [-0.05, 0) is 24.3 Å². The Hall–Kier alpha value is -2.95. The molecule has 0 unspecified atom stereocenters. The summed E-state index contributed by atoms with van der Waals surface area (Å²) in [7, 11) is 0. The Labute approximate surface area is 144 Å². The maximum Gasteiger partial charge on any atom is 0.434 e. The van der Waals surface area contributed by atoms with Crippen LogP contribution < -0.4 is 5.32 Å². The summed E-state index contributed by atoms with van der Waals surface area (Å²) >= 11 is 0. The number of rotatable bonds is 7. The van der Waals surface area contributed by atoms with Gasteiger partial charge in [-0.3, -0.25) is 4.79 Å². The van der Waals surface area contributed by atoms with Gasteiger partial charge >= 0.3 is 12.1 Å². The van der Waals surface area contributed by atoms with Crippen LogP contribution in [-0.4, -0.2) is 46.5 Å². The van der Waals surface area contributed by atoms with E-state index in [-0.39, 0.29) is 18.8 Å². The molecule has 0 spiro atoms. The summed E-state index contributed by atoms with van der Waals surface area (Å²) in [6.07, 6.45) is -4.14. The average molecular weight is 375 g/mol. The summed E-state index contributed by atoms with van der Waals surface area (Å²) in [6, 6.07) is 4.13. The lowest BCUT2D eigenvalue weighted by Gasteiger charge is -2.13. The van der Waals surface area contributed by atoms with E-state index in [0.717, 1.165) is 30.5 Å². The number of hydrogen-bond acceptors (Lipinski definition) is 4. The number of carbonyl (C=O) groups is 2. The summed E-state index contributed by atoms with van der Waals surface area (Å²) in [4.78, 5) is 22.3. The molecular formula is C15H13F4N3O4. The molecule has 0 atom stereocenters. The summed E-state index contributed by atoms with van der Waals surface area (Å²) < 4.78 is 58.3. The molecule has 1 amide bonds. The van der Waals surface area contributed by atoms with Crippen LogP contribution in [0.4, 0.5) is 17.6 Å². The molecule has 0 aliphatic heterocycles. The molecule has 7 nitrogen and oxygen atoms in total. The van der Waals surface area contributed by atoms with E-state index in [1.807, 2.05) is 0 Å². The van der Waals surface area contributed by atoms with Crippen molar-refractivity contribution in [1.82, 2.24) is 15.1 Å².